The van der Waals surface area contributed by atoms with Gasteiger partial charge < -0.3 is 4.90 Å². The van der Waals surface area contributed by atoms with Crippen molar-refractivity contribution in [2.75, 3.05) is 11.4 Å². The lowest BCUT2D eigenvalue weighted by molar-refractivity contribution is -0.137. The summed E-state index contributed by atoms with van der Waals surface area (Å²) < 4.78 is 55.0. The fraction of sp³-hybridized carbons (Fsp3) is 0.261. The first-order chi connectivity index (χ1) is 15.9. The highest BCUT2D eigenvalue weighted by atomic mass is 19.4. The zero-order valence-corrected chi connectivity index (χ0v) is 18.0. The predicted molar refractivity (Wildman–Crippen MR) is 113 cm³/mol. The Kier molecular flexibility index (Phi) is 5.47. The number of hydrogen-bond acceptors (Lipinski definition) is 5. The summed E-state index contributed by atoms with van der Waals surface area (Å²) in [5, 5.41) is 16.7. The highest BCUT2D eigenvalue weighted by Gasteiger charge is 2.52. The van der Waals surface area contributed by atoms with Crippen LogP contribution in [0.3, 0.4) is 0 Å². The second-order valence-electron chi connectivity index (χ2n) is 8.23. The Hall–Kier alpha value is -4.07. The molecule has 0 radical (unpaired) electrons. The van der Waals surface area contributed by atoms with E-state index in [1.165, 1.54) is 32.0 Å². The molecule has 174 valence electrons. The zero-order valence-electron chi connectivity index (χ0n) is 18.0. The maximum Gasteiger partial charge on any atom is 0.417 e. The smallest absolute Gasteiger partial charge is 0.305 e. The molecule has 0 atom stereocenters. The molecule has 0 bridgehead atoms. The molecule has 0 saturated carbocycles. The van der Waals surface area contributed by atoms with Gasteiger partial charge in [0.05, 0.1) is 41.7 Å². The maximum atomic E-state index is 14.8. The molecule has 2 aliphatic rings. The lowest BCUT2D eigenvalue weighted by Gasteiger charge is -2.28. The van der Waals surface area contributed by atoms with Crippen LogP contribution in [0.25, 0.3) is 5.70 Å². The first kappa shape index (κ1) is 23.1. The minimum absolute atomic E-state index is 0.117. The monoisotopic (exact) mass is 471 g/mol. The molecule has 0 unspecified atom stereocenters. The molecule has 2 heterocycles. The van der Waals surface area contributed by atoms with Crippen LogP contribution >= 0.6 is 0 Å². The summed E-state index contributed by atoms with van der Waals surface area (Å²) >= 11 is 0. The number of rotatable bonds is 4. The molecule has 0 spiro atoms. The van der Waals surface area contributed by atoms with E-state index in [-0.39, 0.29) is 17.8 Å². The number of nitrogens with zero attached hydrogens (tertiary/aromatic N) is 5. The van der Waals surface area contributed by atoms with Crippen LogP contribution in [-0.4, -0.2) is 28.9 Å². The van der Waals surface area contributed by atoms with Crippen molar-refractivity contribution < 1.29 is 27.2 Å². The van der Waals surface area contributed by atoms with E-state index in [1.807, 2.05) is 0 Å². The van der Waals surface area contributed by atoms with Crippen molar-refractivity contribution in [3.05, 3.63) is 70.5 Å². The van der Waals surface area contributed by atoms with Gasteiger partial charge in [-0.05, 0) is 44.2 Å². The van der Waals surface area contributed by atoms with Gasteiger partial charge in [-0.3, -0.25) is 4.79 Å². The van der Waals surface area contributed by atoms with Gasteiger partial charge in [0, 0.05) is 11.1 Å². The third-order valence-corrected chi connectivity index (χ3v) is 5.73. The van der Waals surface area contributed by atoms with Crippen molar-refractivity contribution in [2.24, 2.45) is 10.2 Å². The normalized spacial score (nSPS) is 17.4. The molecule has 0 aromatic heterocycles. The van der Waals surface area contributed by atoms with E-state index in [4.69, 9.17) is 5.26 Å². The molecule has 4 rings (SSSR count). The Balaban J connectivity index is 1.67. The van der Waals surface area contributed by atoms with E-state index < -0.39 is 40.6 Å². The van der Waals surface area contributed by atoms with Crippen LogP contribution in [0.5, 0.6) is 0 Å². The Morgan fingerprint density at radius 2 is 1.88 bits per heavy atom. The minimum Gasteiger partial charge on any atom is -0.305 e. The van der Waals surface area contributed by atoms with Crippen LogP contribution < -0.4 is 4.90 Å². The van der Waals surface area contributed by atoms with E-state index in [0.29, 0.717) is 28.8 Å². The van der Waals surface area contributed by atoms with Crippen molar-refractivity contribution in [1.29, 1.82) is 5.26 Å². The number of urea groups is 1. The Labute approximate surface area is 191 Å². The Morgan fingerprint density at radius 1 is 1.15 bits per heavy atom. The van der Waals surface area contributed by atoms with Crippen LogP contribution in [0.2, 0.25) is 0 Å². The summed E-state index contributed by atoms with van der Waals surface area (Å²) in [5.74, 6) is -1.41. The standard InChI is InChI=1S/C23H17F4N5O2/c1-22(2)20(33)32(16-6-5-14(11-28)17(10-16)23(25,26)27)21(34)31(22)12-15-4-3-13(9-18(15)24)19-7-8-29-30-19/h3-7,9-10H,8,12H2,1-2H3. The lowest BCUT2D eigenvalue weighted by Crippen LogP contribution is -2.43. The topological polar surface area (TPSA) is 89.1 Å². The molecule has 2 aromatic carbocycles. The molecule has 3 amide bonds. The van der Waals surface area contributed by atoms with Crippen LogP contribution in [-0.2, 0) is 17.5 Å². The second kappa shape index (κ2) is 8.06. The number of azo groups is 1. The van der Waals surface area contributed by atoms with Crippen LogP contribution in [0, 0.1) is 17.1 Å². The number of halogens is 4. The average molecular weight is 471 g/mol. The number of imide groups is 1. The largest absolute Gasteiger partial charge is 0.417 e. The van der Waals surface area contributed by atoms with Gasteiger partial charge in [-0.1, -0.05) is 12.1 Å². The van der Waals surface area contributed by atoms with Gasteiger partial charge in [-0.2, -0.15) is 28.7 Å². The molecule has 34 heavy (non-hydrogen) atoms. The van der Waals surface area contributed by atoms with Crippen molar-refractivity contribution in [3.63, 3.8) is 0 Å². The number of carbonyl (C=O) groups excluding carboxylic acids is 2. The van der Waals surface area contributed by atoms with Crippen LogP contribution in [0.15, 0.2) is 52.7 Å². The van der Waals surface area contributed by atoms with Gasteiger partial charge in [0.2, 0.25) is 0 Å². The molecule has 11 heteroatoms. The number of anilines is 1. The third kappa shape index (κ3) is 3.81. The summed E-state index contributed by atoms with van der Waals surface area (Å²) in [4.78, 5) is 27.9. The quantitative estimate of drug-likeness (QED) is 0.450. The number of amides is 3. The second-order valence-corrected chi connectivity index (χ2v) is 8.23. The molecule has 2 aromatic rings. The maximum absolute atomic E-state index is 14.8. The predicted octanol–water partition coefficient (Wildman–Crippen LogP) is 5.27. The zero-order chi connectivity index (χ0) is 24.8. The van der Waals surface area contributed by atoms with E-state index in [1.54, 1.807) is 12.1 Å². The molecular weight excluding hydrogens is 454 g/mol. The van der Waals surface area contributed by atoms with Crippen molar-refractivity contribution in [2.45, 2.75) is 32.1 Å². The third-order valence-electron chi connectivity index (χ3n) is 5.73. The summed E-state index contributed by atoms with van der Waals surface area (Å²) in [5.41, 5.74) is -2.54. The fourth-order valence-corrected chi connectivity index (χ4v) is 3.80. The molecule has 0 aliphatic carbocycles. The SMILES string of the molecule is CC1(C)C(=O)N(c2ccc(C#N)c(C(F)(F)F)c2)C(=O)N1Cc1ccc(C2=CCN=N2)cc1F. The fourth-order valence-electron chi connectivity index (χ4n) is 3.80. The van der Waals surface area contributed by atoms with Gasteiger partial charge >= 0.3 is 12.2 Å². The number of alkyl halides is 3. The first-order valence-corrected chi connectivity index (χ1v) is 10.1. The summed E-state index contributed by atoms with van der Waals surface area (Å²) in [6, 6.07) is 7.46. The number of benzene rings is 2. The van der Waals surface area contributed by atoms with Crippen molar-refractivity contribution in [1.82, 2.24) is 4.90 Å². The van der Waals surface area contributed by atoms with E-state index in [2.05, 4.69) is 10.2 Å². The molecule has 0 N–H and O–H groups in total. The van der Waals surface area contributed by atoms with E-state index >= 15 is 0 Å². The average Bonchev–Trinajstić information content (AvgIpc) is 3.37. The Bertz CT molecular complexity index is 1310. The van der Waals surface area contributed by atoms with Gasteiger partial charge in [-0.15, -0.1) is 0 Å². The molecule has 7 nitrogen and oxygen atoms in total. The minimum atomic E-state index is -4.86. The molecule has 1 fully saturated rings. The highest BCUT2D eigenvalue weighted by Crippen LogP contribution is 2.38. The summed E-state index contributed by atoms with van der Waals surface area (Å²) in [6.45, 7) is 2.97. The van der Waals surface area contributed by atoms with E-state index in [9.17, 15) is 27.2 Å². The summed E-state index contributed by atoms with van der Waals surface area (Å²) in [7, 11) is 0. The highest BCUT2D eigenvalue weighted by molar-refractivity contribution is 6.23. The number of carbonyl (C=O) groups is 2. The van der Waals surface area contributed by atoms with E-state index in [0.717, 1.165) is 17.0 Å². The first-order valence-electron chi connectivity index (χ1n) is 10.1. The van der Waals surface area contributed by atoms with Crippen LogP contribution in [0.1, 0.15) is 36.1 Å². The van der Waals surface area contributed by atoms with Gasteiger partial charge in [-0.25, -0.2) is 14.1 Å². The van der Waals surface area contributed by atoms with Crippen molar-refractivity contribution in [3.8, 4) is 6.07 Å². The Morgan fingerprint density at radius 3 is 2.47 bits per heavy atom. The van der Waals surface area contributed by atoms with Gasteiger partial charge in [0.1, 0.15) is 11.4 Å². The molecule has 1 saturated heterocycles. The molecule has 2 aliphatic heterocycles. The van der Waals surface area contributed by atoms with Crippen molar-refractivity contribution >= 4 is 23.3 Å². The number of hydrogen-bond donors (Lipinski definition) is 0. The van der Waals surface area contributed by atoms with Crippen LogP contribution in [0.4, 0.5) is 28.0 Å². The lowest BCUT2D eigenvalue weighted by atomic mass is 10.0. The van der Waals surface area contributed by atoms with Gasteiger partial charge in [0.15, 0.2) is 0 Å². The van der Waals surface area contributed by atoms with Gasteiger partial charge in [0.25, 0.3) is 5.91 Å². The molecular formula is C23H17F4N5O2. The number of nitriles is 1. The summed E-state index contributed by atoms with van der Waals surface area (Å²) in [6.07, 6.45) is -3.13.